The summed E-state index contributed by atoms with van der Waals surface area (Å²) in [6.07, 6.45) is 1.68. The highest BCUT2D eigenvalue weighted by molar-refractivity contribution is 5.70. The largest absolute Gasteiger partial charge is 0.481 e. The Balaban J connectivity index is 1.89. The molecule has 1 N–H and O–H groups in total. The van der Waals surface area contributed by atoms with E-state index in [9.17, 15) is 4.79 Å². The van der Waals surface area contributed by atoms with Gasteiger partial charge < -0.3 is 14.4 Å². The van der Waals surface area contributed by atoms with Gasteiger partial charge in [-0.1, -0.05) is 5.16 Å². The summed E-state index contributed by atoms with van der Waals surface area (Å²) in [5.74, 6) is -0.275. The van der Waals surface area contributed by atoms with Gasteiger partial charge in [-0.15, -0.1) is 0 Å². The van der Waals surface area contributed by atoms with E-state index in [1.807, 2.05) is 6.07 Å². The van der Waals surface area contributed by atoms with Crippen LogP contribution in [0, 0.1) is 5.92 Å². The molecule has 1 aliphatic rings. The first-order valence-electron chi connectivity index (χ1n) is 6.07. The lowest BCUT2D eigenvalue weighted by Gasteiger charge is -2.29. The molecule has 1 aromatic heterocycles. The molecule has 0 aliphatic carbocycles. The van der Waals surface area contributed by atoms with Crippen molar-refractivity contribution in [3.8, 4) is 0 Å². The molecular weight excluding hydrogens is 236 g/mol. The lowest BCUT2D eigenvalue weighted by molar-refractivity contribution is -0.143. The predicted octanol–water partition coefficient (Wildman–Crippen LogP) is 1.12. The average Bonchev–Trinajstić information content (AvgIpc) is 2.77. The highest BCUT2D eigenvalue weighted by atomic mass is 16.5. The number of carboxylic acids is 1. The molecule has 18 heavy (non-hydrogen) atoms. The van der Waals surface area contributed by atoms with Gasteiger partial charge >= 0.3 is 5.97 Å². The molecule has 1 saturated heterocycles. The van der Waals surface area contributed by atoms with E-state index in [-0.39, 0.29) is 5.92 Å². The van der Waals surface area contributed by atoms with Crippen molar-refractivity contribution in [2.75, 3.05) is 20.2 Å². The minimum atomic E-state index is -0.708. The van der Waals surface area contributed by atoms with E-state index in [2.05, 4.69) is 10.1 Å². The minimum Gasteiger partial charge on any atom is -0.481 e. The monoisotopic (exact) mass is 254 g/mol. The standard InChI is InChI=1S/C12H18N2O4/c1-17-8-11-5-10(13-18-11)7-14-4-2-3-9(6-14)12(15)16/h5,9H,2-4,6-8H2,1H3,(H,15,16). The van der Waals surface area contributed by atoms with Gasteiger partial charge in [-0.05, 0) is 19.4 Å². The van der Waals surface area contributed by atoms with Crippen LogP contribution in [-0.4, -0.2) is 41.3 Å². The van der Waals surface area contributed by atoms with Crippen molar-refractivity contribution in [1.82, 2.24) is 10.1 Å². The molecule has 1 atom stereocenters. The summed E-state index contributed by atoms with van der Waals surface area (Å²) >= 11 is 0. The number of rotatable bonds is 5. The van der Waals surface area contributed by atoms with Crippen LogP contribution in [-0.2, 0) is 22.7 Å². The predicted molar refractivity (Wildman–Crippen MR) is 62.9 cm³/mol. The van der Waals surface area contributed by atoms with Crippen LogP contribution in [0.15, 0.2) is 10.6 Å². The minimum absolute atomic E-state index is 0.260. The number of carbonyl (C=O) groups is 1. The van der Waals surface area contributed by atoms with Crippen LogP contribution in [0.3, 0.4) is 0 Å². The van der Waals surface area contributed by atoms with Crippen LogP contribution in [0.25, 0.3) is 0 Å². The number of aromatic nitrogens is 1. The quantitative estimate of drug-likeness (QED) is 0.848. The summed E-state index contributed by atoms with van der Waals surface area (Å²) in [6.45, 7) is 2.54. The molecule has 1 aromatic rings. The van der Waals surface area contributed by atoms with Crippen molar-refractivity contribution < 1.29 is 19.2 Å². The fraction of sp³-hybridized carbons (Fsp3) is 0.667. The summed E-state index contributed by atoms with van der Waals surface area (Å²) < 4.78 is 10.1. The maximum absolute atomic E-state index is 11.0. The molecule has 0 spiro atoms. The second kappa shape index (κ2) is 5.97. The van der Waals surface area contributed by atoms with Crippen molar-refractivity contribution in [3.05, 3.63) is 17.5 Å². The van der Waals surface area contributed by atoms with E-state index in [0.29, 0.717) is 25.5 Å². The van der Waals surface area contributed by atoms with Gasteiger partial charge in [0.2, 0.25) is 0 Å². The zero-order valence-corrected chi connectivity index (χ0v) is 10.5. The Hall–Kier alpha value is -1.40. The second-order valence-electron chi connectivity index (χ2n) is 4.63. The van der Waals surface area contributed by atoms with E-state index in [0.717, 1.165) is 25.1 Å². The Bertz CT molecular complexity index is 405. The smallest absolute Gasteiger partial charge is 0.307 e. The van der Waals surface area contributed by atoms with Crippen LogP contribution < -0.4 is 0 Å². The zero-order chi connectivity index (χ0) is 13.0. The Kier molecular flexibility index (Phi) is 4.33. The van der Waals surface area contributed by atoms with Crippen LogP contribution >= 0.6 is 0 Å². The number of likely N-dealkylation sites (tertiary alicyclic amines) is 1. The normalized spacial score (nSPS) is 21.1. The first kappa shape index (κ1) is 13.0. The van der Waals surface area contributed by atoms with Gasteiger partial charge in [0.15, 0.2) is 5.76 Å². The Morgan fingerprint density at radius 2 is 2.56 bits per heavy atom. The first-order chi connectivity index (χ1) is 8.69. The highest BCUT2D eigenvalue weighted by Crippen LogP contribution is 2.18. The summed E-state index contributed by atoms with van der Waals surface area (Å²) in [5.41, 5.74) is 0.827. The van der Waals surface area contributed by atoms with Gasteiger partial charge in [0, 0.05) is 26.3 Å². The van der Waals surface area contributed by atoms with Crippen molar-refractivity contribution in [2.24, 2.45) is 5.92 Å². The van der Waals surface area contributed by atoms with Crippen LogP contribution in [0.2, 0.25) is 0 Å². The summed E-state index contributed by atoms with van der Waals surface area (Å²) in [7, 11) is 1.60. The van der Waals surface area contributed by atoms with Gasteiger partial charge in [0.25, 0.3) is 0 Å². The molecule has 0 radical (unpaired) electrons. The lowest BCUT2D eigenvalue weighted by atomic mass is 9.98. The Morgan fingerprint density at radius 3 is 3.28 bits per heavy atom. The number of methoxy groups -OCH3 is 1. The van der Waals surface area contributed by atoms with Gasteiger partial charge in [0.1, 0.15) is 6.61 Å². The summed E-state index contributed by atoms with van der Waals surface area (Å²) in [4.78, 5) is 13.1. The SMILES string of the molecule is COCc1cc(CN2CCCC(C(=O)O)C2)no1. The van der Waals surface area contributed by atoms with Crippen molar-refractivity contribution in [2.45, 2.75) is 26.0 Å². The maximum atomic E-state index is 11.0. The number of hydrogen-bond acceptors (Lipinski definition) is 5. The van der Waals surface area contributed by atoms with Gasteiger partial charge in [0.05, 0.1) is 11.6 Å². The Labute approximate surface area is 106 Å². The number of hydrogen-bond donors (Lipinski definition) is 1. The molecule has 0 amide bonds. The van der Waals surface area contributed by atoms with Gasteiger partial charge in [-0.3, -0.25) is 9.69 Å². The van der Waals surface area contributed by atoms with Gasteiger partial charge in [-0.2, -0.15) is 0 Å². The van der Waals surface area contributed by atoms with E-state index in [4.69, 9.17) is 14.4 Å². The molecule has 0 saturated carbocycles. The molecule has 1 aliphatic heterocycles. The topological polar surface area (TPSA) is 75.8 Å². The Morgan fingerprint density at radius 1 is 1.72 bits per heavy atom. The van der Waals surface area contributed by atoms with Crippen molar-refractivity contribution in [3.63, 3.8) is 0 Å². The maximum Gasteiger partial charge on any atom is 0.307 e. The number of carboxylic acid groups (broad SMARTS) is 1. The van der Waals surface area contributed by atoms with Crippen LogP contribution in [0.1, 0.15) is 24.3 Å². The molecule has 0 bridgehead atoms. The summed E-state index contributed by atoms with van der Waals surface area (Å²) in [5, 5.41) is 13.0. The fourth-order valence-electron chi connectivity index (χ4n) is 2.27. The number of aliphatic carboxylic acids is 1. The van der Waals surface area contributed by atoms with Gasteiger partial charge in [-0.25, -0.2) is 0 Å². The summed E-state index contributed by atoms with van der Waals surface area (Å²) in [6, 6.07) is 1.86. The van der Waals surface area contributed by atoms with Crippen molar-refractivity contribution >= 4 is 5.97 Å². The second-order valence-corrected chi connectivity index (χ2v) is 4.63. The molecule has 6 nitrogen and oxygen atoms in total. The molecule has 100 valence electrons. The first-order valence-corrected chi connectivity index (χ1v) is 6.07. The number of nitrogens with zero attached hydrogens (tertiary/aromatic N) is 2. The molecular formula is C12H18N2O4. The third kappa shape index (κ3) is 3.30. The van der Waals surface area contributed by atoms with E-state index < -0.39 is 5.97 Å². The average molecular weight is 254 g/mol. The third-order valence-electron chi connectivity index (χ3n) is 3.13. The molecule has 1 fully saturated rings. The third-order valence-corrected chi connectivity index (χ3v) is 3.13. The van der Waals surface area contributed by atoms with E-state index >= 15 is 0 Å². The van der Waals surface area contributed by atoms with Crippen LogP contribution in [0.4, 0.5) is 0 Å². The zero-order valence-electron chi connectivity index (χ0n) is 10.5. The highest BCUT2D eigenvalue weighted by Gasteiger charge is 2.25. The van der Waals surface area contributed by atoms with Crippen LogP contribution in [0.5, 0.6) is 0 Å². The van der Waals surface area contributed by atoms with E-state index in [1.165, 1.54) is 0 Å². The lowest BCUT2D eigenvalue weighted by Crippen LogP contribution is -2.38. The molecule has 0 aromatic carbocycles. The molecule has 2 heterocycles. The molecule has 2 rings (SSSR count). The number of piperidine rings is 1. The van der Waals surface area contributed by atoms with Crippen molar-refractivity contribution in [1.29, 1.82) is 0 Å². The molecule has 6 heteroatoms. The fourth-order valence-corrected chi connectivity index (χ4v) is 2.27. The number of ether oxygens (including phenoxy) is 1. The van der Waals surface area contributed by atoms with E-state index in [1.54, 1.807) is 7.11 Å². The molecule has 1 unspecified atom stereocenters.